The van der Waals surface area contributed by atoms with E-state index >= 15 is 0 Å². The molecule has 0 bridgehead atoms. The van der Waals surface area contributed by atoms with E-state index in [4.69, 9.17) is 0 Å². The summed E-state index contributed by atoms with van der Waals surface area (Å²) in [5.41, 5.74) is 0. The van der Waals surface area contributed by atoms with E-state index in [2.05, 4.69) is 5.32 Å². The molecule has 0 aliphatic carbocycles. The molecule has 1 amide bonds. The normalized spacial score (nSPS) is 14.2. The fourth-order valence-corrected chi connectivity index (χ4v) is 1.34. The lowest BCUT2D eigenvalue weighted by molar-refractivity contribution is -0.124. The molecule has 1 atom stereocenters. The molecule has 0 fully saturated rings. The van der Waals surface area contributed by atoms with Gasteiger partial charge in [-0.05, 0) is 0 Å². The van der Waals surface area contributed by atoms with Gasteiger partial charge in [0.2, 0.25) is 15.9 Å². The standard InChI is InChI=1S/C7H16N2O3S/c1-6(7(10)8-2)5-9(3)13(4,11)12/h6H,5H2,1-4H3,(H,8,10). The van der Waals surface area contributed by atoms with Gasteiger partial charge in [-0.2, -0.15) is 0 Å². The third kappa shape index (κ3) is 4.23. The summed E-state index contributed by atoms with van der Waals surface area (Å²) < 4.78 is 23.1. The van der Waals surface area contributed by atoms with Crippen molar-refractivity contribution in [3.05, 3.63) is 0 Å². The van der Waals surface area contributed by atoms with Crippen LogP contribution >= 0.6 is 0 Å². The minimum Gasteiger partial charge on any atom is -0.359 e. The van der Waals surface area contributed by atoms with E-state index in [9.17, 15) is 13.2 Å². The smallest absolute Gasteiger partial charge is 0.223 e. The van der Waals surface area contributed by atoms with Crippen LogP contribution in [0.2, 0.25) is 0 Å². The lowest BCUT2D eigenvalue weighted by Gasteiger charge is -2.17. The van der Waals surface area contributed by atoms with Crippen LogP contribution in [0.3, 0.4) is 0 Å². The molecule has 1 unspecified atom stereocenters. The number of hydrogen-bond acceptors (Lipinski definition) is 3. The van der Waals surface area contributed by atoms with Crippen molar-refractivity contribution in [3.63, 3.8) is 0 Å². The van der Waals surface area contributed by atoms with Crippen LogP contribution in [0.5, 0.6) is 0 Å². The summed E-state index contributed by atoms with van der Waals surface area (Å²) in [4.78, 5) is 11.0. The summed E-state index contributed by atoms with van der Waals surface area (Å²) in [6, 6.07) is 0. The largest absolute Gasteiger partial charge is 0.359 e. The zero-order valence-electron chi connectivity index (χ0n) is 8.36. The number of carbonyl (C=O) groups is 1. The third-order valence-corrected chi connectivity index (χ3v) is 3.07. The first kappa shape index (κ1) is 12.4. The molecule has 0 aromatic rings. The van der Waals surface area contributed by atoms with Crippen molar-refractivity contribution in [2.24, 2.45) is 5.92 Å². The molecule has 5 nitrogen and oxygen atoms in total. The molecule has 1 N–H and O–H groups in total. The Morgan fingerprint density at radius 1 is 1.54 bits per heavy atom. The van der Waals surface area contributed by atoms with Gasteiger partial charge in [-0.3, -0.25) is 4.79 Å². The van der Waals surface area contributed by atoms with E-state index in [0.717, 1.165) is 10.6 Å². The molecular formula is C7H16N2O3S. The molecule has 0 radical (unpaired) electrons. The highest BCUT2D eigenvalue weighted by molar-refractivity contribution is 7.88. The minimum absolute atomic E-state index is 0.157. The number of nitrogens with one attached hydrogen (secondary N) is 1. The van der Waals surface area contributed by atoms with Crippen molar-refractivity contribution >= 4 is 15.9 Å². The van der Waals surface area contributed by atoms with Crippen molar-refractivity contribution in [1.82, 2.24) is 9.62 Å². The van der Waals surface area contributed by atoms with Crippen LogP contribution in [-0.4, -0.2) is 45.5 Å². The van der Waals surface area contributed by atoms with Crippen LogP contribution in [0.25, 0.3) is 0 Å². The topological polar surface area (TPSA) is 66.5 Å². The Kier molecular flexibility index (Phi) is 4.35. The van der Waals surface area contributed by atoms with Gasteiger partial charge in [-0.25, -0.2) is 12.7 Å². The molecule has 0 aliphatic rings. The van der Waals surface area contributed by atoms with Crippen molar-refractivity contribution in [2.45, 2.75) is 6.92 Å². The van der Waals surface area contributed by atoms with E-state index in [1.807, 2.05) is 0 Å². The highest BCUT2D eigenvalue weighted by Crippen LogP contribution is 2.01. The van der Waals surface area contributed by atoms with Crippen LogP contribution in [-0.2, 0) is 14.8 Å². The lowest BCUT2D eigenvalue weighted by Crippen LogP contribution is -2.36. The first-order valence-corrected chi connectivity index (χ1v) is 5.76. The van der Waals surface area contributed by atoms with Crippen LogP contribution in [0, 0.1) is 5.92 Å². The average molecular weight is 208 g/mol. The molecule has 0 saturated carbocycles. The zero-order chi connectivity index (χ0) is 10.6. The first-order valence-electron chi connectivity index (χ1n) is 3.92. The fourth-order valence-electron chi connectivity index (χ4n) is 0.850. The van der Waals surface area contributed by atoms with Gasteiger partial charge in [0.25, 0.3) is 0 Å². The van der Waals surface area contributed by atoms with Crippen LogP contribution in [0.4, 0.5) is 0 Å². The monoisotopic (exact) mass is 208 g/mol. The molecule has 0 rings (SSSR count). The van der Waals surface area contributed by atoms with Crippen LogP contribution < -0.4 is 5.32 Å². The number of nitrogens with zero attached hydrogens (tertiary/aromatic N) is 1. The second-order valence-corrected chi connectivity index (χ2v) is 5.15. The summed E-state index contributed by atoms with van der Waals surface area (Å²) in [5, 5.41) is 2.46. The molecule has 0 spiro atoms. The quantitative estimate of drug-likeness (QED) is 0.661. The molecular weight excluding hydrogens is 192 g/mol. The van der Waals surface area contributed by atoms with E-state index in [-0.39, 0.29) is 18.4 Å². The number of amides is 1. The van der Waals surface area contributed by atoms with Gasteiger partial charge in [0, 0.05) is 26.6 Å². The molecule has 0 heterocycles. The fraction of sp³-hybridized carbons (Fsp3) is 0.857. The number of carbonyl (C=O) groups excluding carboxylic acids is 1. The Labute approximate surface area is 79.2 Å². The van der Waals surface area contributed by atoms with Crippen LogP contribution in [0.15, 0.2) is 0 Å². The summed E-state index contributed by atoms with van der Waals surface area (Å²) >= 11 is 0. The summed E-state index contributed by atoms with van der Waals surface area (Å²) in [6.45, 7) is 1.89. The Bertz CT molecular complexity index is 273. The summed E-state index contributed by atoms with van der Waals surface area (Å²) in [7, 11) is -0.206. The minimum atomic E-state index is -3.19. The van der Waals surface area contributed by atoms with E-state index in [1.165, 1.54) is 14.1 Å². The highest BCUT2D eigenvalue weighted by Gasteiger charge is 2.18. The second kappa shape index (κ2) is 4.57. The van der Waals surface area contributed by atoms with Gasteiger partial charge < -0.3 is 5.32 Å². The molecule has 6 heteroatoms. The van der Waals surface area contributed by atoms with Gasteiger partial charge in [0.1, 0.15) is 0 Å². The summed E-state index contributed by atoms with van der Waals surface area (Å²) in [5.74, 6) is -0.486. The maximum absolute atomic E-state index is 11.0. The molecule has 78 valence electrons. The van der Waals surface area contributed by atoms with Gasteiger partial charge in [0.05, 0.1) is 6.26 Å². The molecule has 13 heavy (non-hydrogen) atoms. The summed E-state index contributed by atoms with van der Waals surface area (Å²) in [6.07, 6.45) is 1.11. The Hall–Kier alpha value is -0.620. The average Bonchev–Trinajstić information content (AvgIpc) is 2.01. The van der Waals surface area contributed by atoms with E-state index in [1.54, 1.807) is 6.92 Å². The zero-order valence-corrected chi connectivity index (χ0v) is 9.18. The van der Waals surface area contributed by atoms with Gasteiger partial charge in [0.15, 0.2) is 0 Å². The highest BCUT2D eigenvalue weighted by atomic mass is 32.2. The van der Waals surface area contributed by atoms with Gasteiger partial charge in [-0.1, -0.05) is 6.92 Å². The SMILES string of the molecule is CNC(=O)C(C)CN(C)S(C)(=O)=O. The predicted octanol–water partition coefficient (Wildman–Crippen LogP) is -0.740. The van der Waals surface area contributed by atoms with Crippen molar-refractivity contribution in [2.75, 3.05) is 26.9 Å². The van der Waals surface area contributed by atoms with Crippen molar-refractivity contribution < 1.29 is 13.2 Å². The number of hydrogen-bond donors (Lipinski definition) is 1. The van der Waals surface area contributed by atoms with Crippen molar-refractivity contribution in [1.29, 1.82) is 0 Å². The maximum Gasteiger partial charge on any atom is 0.223 e. The van der Waals surface area contributed by atoms with Crippen molar-refractivity contribution in [3.8, 4) is 0 Å². The molecule has 0 saturated heterocycles. The predicted molar refractivity (Wildman–Crippen MR) is 50.7 cm³/mol. The molecule has 0 aromatic heterocycles. The second-order valence-electron chi connectivity index (χ2n) is 3.06. The Morgan fingerprint density at radius 3 is 2.31 bits per heavy atom. The van der Waals surface area contributed by atoms with E-state index < -0.39 is 10.0 Å². The Balaban J connectivity index is 4.23. The molecule has 0 aromatic carbocycles. The van der Waals surface area contributed by atoms with E-state index in [0.29, 0.717) is 0 Å². The van der Waals surface area contributed by atoms with Gasteiger partial charge >= 0.3 is 0 Å². The number of rotatable bonds is 4. The lowest BCUT2D eigenvalue weighted by atomic mass is 10.2. The number of sulfonamides is 1. The maximum atomic E-state index is 11.0. The molecule has 0 aliphatic heterocycles. The first-order chi connectivity index (χ1) is 5.79. The van der Waals surface area contributed by atoms with Gasteiger partial charge in [-0.15, -0.1) is 0 Å². The third-order valence-electron chi connectivity index (χ3n) is 1.79. The Morgan fingerprint density at radius 2 is 2.00 bits per heavy atom. The van der Waals surface area contributed by atoms with Crippen LogP contribution in [0.1, 0.15) is 6.92 Å².